The van der Waals surface area contributed by atoms with E-state index < -0.39 is 20.2 Å². The third-order valence-electron chi connectivity index (χ3n) is 5.38. The maximum atomic E-state index is 12.1. The van der Waals surface area contributed by atoms with Gasteiger partial charge in [-0.05, 0) is 51.0 Å². The van der Waals surface area contributed by atoms with Gasteiger partial charge in [0.25, 0.3) is 20.2 Å². The number of rotatable bonds is 16. The van der Waals surface area contributed by atoms with Gasteiger partial charge in [-0.2, -0.15) is 16.8 Å². The van der Waals surface area contributed by atoms with Crippen LogP contribution in [-0.4, -0.2) is 30.0 Å². The van der Waals surface area contributed by atoms with E-state index >= 15 is 0 Å². The highest BCUT2D eigenvalue weighted by Gasteiger charge is 2.15. The molecule has 0 saturated carbocycles. The molecular weight excluding hydrogens is 460 g/mol. The number of hydrogen-bond acceptors (Lipinski definition) is 6. The van der Waals surface area contributed by atoms with E-state index in [1.807, 2.05) is 13.8 Å². The van der Waals surface area contributed by atoms with Crippen molar-refractivity contribution in [3.8, 4) is 0 Å². The molecule has 0 aliphatic rings. The number of hydrogen-bond donors (Lipinski definition) is 0. The summed E-state index contributed by atoms with van der Waals surface area (Å²) in [5.41, 5.74) is 2.02. The Hall–Kier alpha value is -1.74. The van der Waals surface area contributed by atoms with Crippen molar-refractivity contribution in [1.29, 1.82) is 0 Å². The molecule has 184 valence electrons. The lowest BCUT2D eigenvalue weighted by Crippen LogP contribution is -2.07. The molecule has 8 heteroatoms. The van der Waals surface area contributed by atoms with E-state index in [4.69, 9.17) is 8.37 Å². The zero-order valence-electron chi connectivity index (χ0n) is 19.7. The predicted molar refractivity (Wildman–Crippen MR) is 130 cm³/mol. The first-order valence-corrected chi connectivity index (χ1v) is 14.4. The Morgan fingerprint density at radius 1 is 0.485 bits per heavy atom. The third-order valence-corrected chi connectivity index (χ3v) is 8.04. The molecule has 0 aliphatic heterocycles. The van der Waals surface area contributed by atoms with E-state index in [-0.39, 0.29) is 23.0 Å². The summed E-state index contributed by atoms with van der Waals surface area (Å²) in [5, 5.41) is 0. The molecule has 6 nitrogen and oxygen atoms in total. The van der Waals surface area contributed by atoms with Crippen molar-refractivity contribution in [2.75, 3.05) is 13.2 Å². The van der Waals surface area contributed by atoms with Crippen LogP contribution in [0, 0.1) is 13.8 Å². The van der Waals surface area contributed by atoms with Gasteiger partial charge in [0.1, 0.15) is 0 Å². The van der Waals surface area contributed by atoms with E-state index in [1.54, 1.807) is 48.5 Å². The van der Waals surface area contributed by atoms with Crippen molar-refractivity contribution in [3.05, 3.63) is 59.7 Å². The normalized spacial score (nSPS) is 12.2. The fraction of sp³-hybridized carbons (Fsp3) is 0.520. The molecule has 0 unspecified atom stereocenters. The van der Waals surface area contributed by atoms with Gasteiger partial charge in [0.2, 0.25) is 0 Å². The SMILES string of the molecule is Cc1ccc(S(=O)(=O)OCCCCCCCCCCCOS(=O)(=O)c2ccc(C)cc2)cc1. The molecule has 0 radical (unpaired) electrons. The molecule has 2 rings (SSSR count). The van der Waals surface area contributed by atoms with Gasteiger partial charge >= 0.3 is 0 Å². The molecule has 2 aromatic rings. The lowest BCUT2D eigenvalue weighted by Gasteiger charge is -2.07. The van der Waals surface area contributed by atoms with Gasteiger partial charge in [-0.25, -0.2) is 0 Å². The quantitative estimate of drug-likeness (QED) is 0.212. The number of benzene rings is 2. The van der Waals surface area contributed by atoms with E-state index in [0.717, 1.165) is 68.9 Å². The first kappa shape index (κ1) is 27.5. The monoisotopic (exact) mass is 496 g/mol. The van der Waals surface area contributed by atoms with Crippen LogP contribution in [0.4, 0.5) is 0 Å². The van der Waals surface area contributed by atoms with Gasteiger partial charge in [-0.3, -0.25) is 8.37 Å². The molecule has 0 aromatic heterocycles. The van der Waals surface area contributed by atoms with Crippen molar-refractivity contribution in [2.24, 2.45) is 0 Å². The molecule has 0 atom stereocenters. The summed E-state index contributed by atoms with van der Waals surface area (Å²) in [6.07, 6.45) is 8.73. The van der Waals surface area contributed by atoms with Gasteiger partial charge in [-0.15, -0.1) is 0 Å². The number of unbranched alkanes of at least 4 members (excludes halogenated alkanes) is 8. The summed E-state index contributed by atoms with van der Waals surface area (Å²) < 4.78 is 58.6. The Morgan fingerprint density at radius 3 is 1.06 bits per heavy atom. The second kappa shape index (κ2) is 13.8. The summed E-state index contributed by atoms with van der Waals surface area (Å²) in [5.74, 6) is 0. The summed E-state index contributed by atoms with van der Waals surface area (Å²) in [6.45, 7) is 4.24. The van der Waals surface area contributed by atoms with Crippen LogP contribution in [0.3, 0.4) is 0 Å². The summed E-state index contributed by atoms with van der Waals surface area (Å²) >= 11 is 0. The minimum absolute atomic E-state index is 0.200. The van der Waals surface area contributed by atoms with Crippen LogP contribution in [0.15, 0.2) is 58.3 Å². The first-order chi connectivity index (χ1) is 15.7. The topological polar surface area (TPSA) is 86.7 Å². The molecular formula is C25H36O6S2. The van der Waals surface area contributed by atoms with Crippen LogP contribution in [0.25, 0.3) is 0 Å². The molecule has 0 amide bonds. The first-order valence-electron chi connectivity index (χ1n) is 11.6. The summed E-state index contributed by atoms with van der Waals surface area (Å²) in [6, 6.07) is 13.3. The molecule has 33 heavy (non-hydrogen) atoms. The van der Waals surface area contributed by atoms with Gasteiger partial charge in [-0.1, -0.05) is 80.3 Å². The number of aryl methyl sites for hydroxylation is 2. The van der Waals surface area contributed by atoms with E-state index in [2.05, 4.69) is 0 Å². The van der Waals surface area contributed by atoms with Crippen molar-refractivity contribution < 1.29 is 25.2 Å². The lowest BCUT2D eigenvalue weighted by atomic mass is 10.1. The fourth-order valence-corrected chi connectivity index (χ4v) is 5.21. The van der Waals surface area contributed by atoms with Crippen LogP contribution in [0.1, 0.15) is 68.9 Å². The van der Waals surface area contributed by atoms with E-state index in [0.29, 0.717) is 0 Å². The summed E-state index contributed by atoms with van der Waals surface area (Å²) in [7, 11) is -7.33. The van der Waals surface area contributed by atoms with Crippen LogP contribution in [-0.2, 0) is 28.6 Å². The molecule has 0 N–H and O–H groups in total. The third kappa shape index (κ3) is 10.4. The molecule has 0 spiro atoms. The second-order valence-electron chi connectivity index (χ2n) is 8.36. The Morgan fingerprint density at radius 2 is 0.758 bits per heavy atom. The van der Waals surface area contributed by atoms with Crippen molar-refractivity contribution in [3.63, 3.8) is 0 Å². The lowest BCUT2D eigenvalue weighted by molar-refractivity contribution is 0.305. The molecule has 0 bridgehead atoms. The van der Waals surface area contributed by atoms with Crippen LogP contribution >= 0.6 is 0 Å². The smallest absolute Gasteiger partial charge is 0.266 e. The van der Waals surface area contributed by atoms with Crippen LogP contribution < -0.4 is 0 Å². The van der Waals surface area contributed by atoms with Crippen molar-refractivity contribution in [2.45, 2.75) is 81.4 Å². The van der Waals surface area contributed by atoms with Crippen LogP contribution in [0.5, 0.6) is 0 Å². The molecule has 0 aliphatic carbocycles. The standard InChI is InChI=1S/C25H36O6S2/c1-22-12-16-24(17-13-22)32(26,27)30-20-10-8-6-4-3-5-7-9-11-21-31-33(28,29)25-18-14-23(2)15-19-25/h12-19H,3-11,20-21H2,1-2H3. The second-order valence-corrected chi connectivity index (χ2v) is 11.6. The van der Waals surface area contributed by atoms with Crippen molar-refractivity contribution >= 4 is 20.2 Å². The van der Waals surface area contributed by atoms with Gasteiger partial charge in [0.15, 0.2) is 0 Å². The van der Waals surface area contributed by atoms with Gasteiger partial charge in [0, 0.05) is 0 Å². The minimum Gasteiger partial charge on any atom is -0.266 e. The Bertz CT molecular complexity index is 942. The molecule has 0 heterocycles. The van der Waals surface area contributed by atoms with Gasteiger partial charge < -0.3 is 0 Å². The largest absolute Gasteiger partial charge is 0.296 e. The Kier molecular flexibility index (Phi) is 11.5. The summed E-state index contributed by atoms with van der Waals surface area (Å²) in [4.78, 5) is 0.400. The minimum atomic E-state index is -3.66. The maximum absolute atomic E-state index is 12.1. The highest BCUT2D eigenvalue weighted by molar-refractivity contribution is 7.87. The predicted octanol–water partition coefficient (Wildman–Crippen LogP) is 5.93. The maximum Gasteiger partial charge on any atom is 0.296 e. The van der Waals surface area contributed by atoms with E-state index in [9.17, 15) is 16.8 Å². The zero-order chi connectivity index (χ0) is 24.2. The van der Waals surface area contributed by atoms with E-state index in [1.165, 1.54) is 0 Å². The van der Waals surface area contributed by atoms with Gasteiger partial charge in [0.05, 0.1) is 23.0 Å². The molecule has 0 saturated heterocycles. The average molecular weight is 497 g/mol. The van der Waals surface area contributed by atoms with Crippen LogP contribution in [0.2, 0.25) is 0 Å². The zero-order valence-corrected chi connectivity index (χ0v) is 21.3. The highest BCUT2D eigenvalue weighted by atomic mass is 32.2. The Labute approximate surface area is 199 Å². The average Bonchev–Trinajstić information content (AvgIpc) is 2.77. The highest BCUT2D eigenvalue weighted by Crippen LogP contribution is 2.16. The molecule has 0 fully saturated rings. The fourth-order valence-electron chi connectivity index (χ4n) is 3.32. The Balaban J connectivity index is 1.44. The molecule has 2 aromatic carbocycles. The van der Waals surface area contributed by atoms with Crippen molar-refractivity contribution in [1.82, 2.24) is 0 Å².